The Bertz CT molecular complexity index is 707. The van der Waals surface area contributed by atoms with E-state index in [1.807, 2.05) is 0 Å². The van der Waals surface area contributed by atoms with Gasteiger partial charge in [0.05, 0.1) is 0 Å². The molecule has 18 heavy (non-hydrogen) atoms. The fourth-order valence-electron chi connectivity index (χ4n) is 2.34. The lowest BCUT2D eigenvalue weighted by atomic mass is 9.81. The van der Waals surface area contributed by atoms with Gasteiger partial charge in [0.1, 0.15) is 0 Å². The molecule has 1 aromatic carbocycles. The smallest absolute Gasteiger partial charge is 0.387 e. The molecule has 2 aliphatic rings. The molecular formula is C12H7NO5. The summed E-state index contributed by atoms with van der Waals surface area (Å²) in [6.07, 6.45) is 2.63. The normalized spacial score (nSPS) is 28.6. The van der Waals surface area contributed by atoms with Crippen molar-refractivity contribution < 1.29 is 19.2 Å². The van der Waals surface area contributed by atoms with Crippen LogP contribution < -0.4 is 10.4 Å². The van der Waals surface area contributed by atoms with E-state index in [2.05, 4.69) is 4.74 Å². The molecule has 0 spiro atoms. The fraction of sp³-hybridized carbons (Fsp3) is 0.167. The molecule has 0 saturated carbocycles. The standard InChI is InChI=1S/C12H7NO5/c14-10-9-5-7-3-1-2-4-8(7)6-12(9,13(16)17)11(15)18-10/h1-6,9H. The van der Waals surface area contributed by atoms with Crippen molar-refractivity contribution >= 4 is 24.1 Å². The van der Waals surface area contributed by atoms with Gasteiger partial charge in [0, 0.05) is 11.0 Å². The Labute approximate surface area is 100 Å². The van der Waals surface area contributed by atoms with Crippen molar-refractivity contribution in [2.75, 3.05) is 0 Å². The van der Waals surface area contributed by atoms with Gasteiger partial charge in [-0.2, -0.15) is 0 Å². The van der Waals surface area contributed by atoms with Gasteiger partial charge in [-0.1, -0.05) is 30.3 Å². The number of rotatable bonds is 1. The highest BCUT2D eigenvalue weighted by Crippen LogP contribution is 2.34. The van der Waals surface area contributed by atoms with E-state index in [1.165, 1.54) is 12.2 Å². The van der Waals surface area contributed by atoms with Gasteiger partial charge in [-0.25, -0.2) is 4.79 Å². The lowest BCUT2D eigenvalue weighted by Gasteiger charge is -2.18. The molecule has 1 aromatic rings. The van der Waals surface area contributed by atoms with Gasteiger partial charge >= 0.3 is 17.5 Å². The minimum absolute atomic E-state index is 0.553. The van der Waals surface area contributed by atoms with Crippen molar-refractivity contribution in [2.24, 2.45) is 5.92 Å². The van der Waals surface area contributed by atoms with Crippen LogP contribution in [0.1, 0.15) is 0 Å². The number of ether oxygens (including phenoxy) is 1. The average Bonchev–Trinajstić information content (AvgIpc) is 2.60. The predicted octanol–water partition coefficient (Wildman–Crippen LogP) is -1.02. The third kappa shape index (κ3) is 1.11. The van der Waals surface area contributed by atoms with Crippen molar-refractivity contribution in [1.82, 2.24) is 0 Å². The molecule has 1 heterocycles. The molecule has 0 N–H and O–H groups in total. The first-order valence-corrected chi connectivity index (χ1v) is 5.26. The first-order valence-electron chi connectivity index (χ1n) is 5.26. The van der Waals surface area contributed by atoms with Gasteiger partial charge in [0.2, 0.25) is 0 Å². The molecule has 1 aliphatic heterocycles. The van der Waals surface area contributed by atoms with Gasteiger partial charge < -0.3 is 4.74 Å². The Morgan fingerprint density at radius 2 is 1.89 bits per heavy atom. The van der Waals surface area contributed by atoms with Crippen LogP contribution in [-0.4, -0.2) is 22.4 Å². The summed E-state index contributed by atoms with van der Waals surface area (Å²) in [4.78, 5) is 33.7. The first-order chi connectivity index (χ1) is 8.55. The lowest BCUT2D eigenvalue weighted by Crippen LogP contribution is -2.52. The maximum Gasteiger partial charge on any atom is 0.398 e. The van der Waals surface area contributed by atoms with Crippen LogP contribution in [0.2, 0.25) is 0 Å². The van der Waals surface area contributed by atoms with E-state index in [0.29, 0.717) is 10.4 Å². The summed E-state index contributed by atoms with van der Waals surface area (Å²) in [6.45, 7) is 0. The minimum Gasteiger partial charge on any atom is -0.387 e. The molecule has 6 nitrogen and oxygen atoms in total. The molecule has 1 saturated heterocycles. The molecule has 2 atom stereocenters. The van der Waals surface area contributed by atoms with Crippen LogP contribution in [0.4, 0.5) is 0 Å². The van der Waals surface area contributed by atoms with Crippen molar-refractivity contribution in [2.45, 2.75) is 5.54 Å². The Balaban J connectivity index is 2.39. The van der Waals surface area contributed by atoms with E-state index in [4.69, 9.17) is 0 Å². The van der Waals surface area contributed by atoms with Gasteiger partial charge in [-0.05, 0) is 10.4 Å². The summed E-state index contributed by atoms with van der Waals surface area (Å²) >= 11 is 0. The van der Waals surface area contributed by atoms with Crippen LogP contribution in [0, 0.1) is 16.0 Å². The highest BCUT2D eigenvalue weighted by molar-refractivity contribution is 6.08. The van der Waals surface area contributed by atoms with Crippen LogP contribution in [0.15, 0.2) is 24.3 Å². The van der Waals surface area contributed by atoms with E-state index < -0.39 is 28.3 Å². The SMILES string of the molecule is O=C1OC(=O)C2([N+](=O)[O-])C=c3ccccc3=CC12. The molecule has 0 bridgehead atoms. The fourth-order valence-corrected chi connectivity index (χ4v) is 2.34. The highest BCUT2D eigenvalue weighted by atomic mass is 16.7. The molecule has 0 aromatic heterocycles. The molecule has 3 rings (SSSR count). The van der Waals surface area contributed by atoms with Crippen LogP contribution >= 0.6 is 0 Å². The lowest BCUT2D eigenvalue weighted by molar-refractivity contribution is -0.535. The van der Waals surface area contributed by atoms with E-state index in [9.17, 15) is 19.7 Å². The van der Waals surface area contributed by atoms with Crippen molar-refractivity contribution in [3.8, 4) is 0 Å². The zero-order valence-corrected chi connectivity index (χ0v) is 9.03. The number of fused-ring (bicyclic) bond motifs is 2. The van der Waals surface area contributed by atoms with E-state index in [-0.39, 0.29) is 0 Å². The van der Waals surface area contributed by atoms with Crippen LogP contribution in [-0.2, 0) is 14.3 Å². The molecule has 0 radical (unpaired) electrons. The monoisotopic (exact) mass is 245 g/mol. The minimum atomic E-state index is -2.11. The molecule has 1 fully saturated rings. The van der Waals surface area contributed by atoms with Crippen molar-refractivity contribution in [3.05, 3.63) is 44.8 Å². The van der Waals surface area contributed by atoms with E-state index in [1.54, 1.807) is 24.3 Å². The number of cyclic esters (lactones) is 2. The summed E-state index contributed by atoms with van der Waals surface area (Å²) in [7, 11) is 0. The van der Waals surface area contributed by atoms with E-state index >= 15 is 0 Å². The summed E-state index contributed by atoms with van der Waals surface area (Å²) in [5.41, 5.74) is -2.11. The first kappa shape index (κ1) is 10.6. The zero-order valence-electron chi connectivity index (χ0n) is 9.03. The topological polar surface area (TPSA) is 86.5 Å². The Kier molecular flexibility index (Phi) is 1.92. The quantitative estimate of drug-likeness (QED) is 0.273. The summed E-state index contributed by atoms with van der Waals surface area (Å²) < 4.78 is 4.42. The maximum atomic E-state index is 11.7. The van der Waals surface area contributed by atoms with Crippen LogP contribution in [0.5, 0.6) is 0 Å². The summed E-state index contributed by atoms with van der Waals surface area (Å²) in [5, 5.41) is 12.5. The van der Waals surface area contributed by atoms with E-state index in [0.717, 1.165) is 0 Å². The molecule has 0 amide bonds. The Morgan fingerprint density at radius 3 is 2.56 bits per heavy atom. The van der Waals surface area contributed by atoms with Crippen molar-refractivity contribution in [3.63, 3.8) is 0 Å². The van der Waals surface area contributed by atoms with Crippen LogP contribution in [0.3, 0.4) is 0 Å². The number of carbonyl (C=O) groups is 2. The second-order valence-electron chi connectivity index (χ2n) is 4.21. The number of carbonyl (C=O) groups excluding carboxylic acids is 2. The van der Waals surface area contributed by atoms with Crippen LogP contribution in [0.25, 0.3) is 12.2 Å². The summed E-state index contributed by atoms with van der Waals surface area (Å²) in [6, 6.07) is 6.85. The summed E-state index contributed by atoms with van der Waals surface area (Å²) in [5.74, 6) is -3.18. The number of hydrogen-bond acceptors (Lipinski definition) is 5. The Morgan fingerprint density at radius 1 is 1.22 bits per heavy atom. The number of benzene rings is 1. The maximum absolute atomic E-state index is 11.7. The highest BCUT2D eigenvalue weighted by Gasteiger charge is 2.66. The number of hydrogen-bond donors (Lipinski definition) is 0. The van der Waals surface area contributed by atoms with Crippen molar-refractivity contribution in [1.29, 1.82) is 0 Å². The Hall–Kier alpha value is -2.50. The largest absolute Gasteiger partial charge is 0.398 e. The second-order valence-corrected chi connectivity index (χ2v) is 4.21. The number of esters is 2. The molecule has 90 valence electrons. The predicted molar refractivity (Wildman–Crippen MR) is 58.9 cm³/mol. The number of nitrogens with zero attached hydrogens (tertiary/aromatic N) is 1. The molecular weight excluding hydrogens is 238 g/mol. The zero-order chi connectivity index (χ0) is 12.9. The second kappa shape index (κ2) is 3.25. The average molecular weight is 245 g/mol. The van der Waals surface area contributed by atoms with Gasteiger partial charge in [0.15, 0.2) is 5.92 Å². The van der Waals surface area contributed by atoms with Gasteiger partial charge in [-0.3, -0.25) is 14.9 Å². The third-order valence-corrected chi connectivity index (χ3v) is 3.27. The van der Waals surface area contributed by atoms with Gasteiger partial charge in [-0.15, -0.1) is 0 Å². The number of nitro groups is 1. The molecule has 1 aliphatic carbocycles. The molecule has 2 unspecified atom stereocenters. The third-order valence-electron chi connectivity index (χ3n) is 3.27. The molecule has 6 heteroatoms. The van der Waals surface area contributed by atoms with Gasteiger partial charge in [0.25, 0.3) is 0 Å².